The number of halogens is 4. The lowest BCUT2D eigenvalue weighted by atomic mass is 9.88. The number of carboxylic acid groups (broad SMARTS) is 1. The largest absolute Gasteiger partial charge is 0.490 e. The van der Waals surface area contributed by atoms with Crippen LogP contribution in [0.3, 0.4) is 0 Å². The molecule has 2 aliphatic carbocycles. The SMILES string of the molecule is NC(=O)[C@@H]1[C@H](Nc2c(Cl)cnc3nc(-c4cccc(CN5CCOCC5)c4)[nH]c23)[C@H]2C=C[C@@H]1C2.O=C(O)C(F)(F)F. The fourth-order valence-corrected chi connectivity index (χ4v) is 5.82. The molecule has 1 amide bonds. The smallest absolute Gasteiger partial charge is 0.475 e. The van der Waals surface area contributed by atoms with Crippen molar-refractivity contribution >= 4 is 40.3 Å². The number of allylic oxidation sites excluding steroid dienone is 1. The van der Waals surface area contributed by atoms with Crippen LogP contribution in [-0.2, 0) is 20.9 Å². The van der Waals surface area contributed by atoms with Crippen LogP contribution < -0.4 is 11.1 Å². The lowest BCUT2D eigenvalue weighted by Crippen LogP contribution is -2.41. The second-order valence-electron chi connectivity index (χ2n) is 10.2. The predicted octanol–water partition coefficient (Wildman–Crippen LogP) is 3.83. The third-order valence-electron chi connectivity index (χ3n) is 7.53. The Bertz CT molecular complexity index is 1470. The molecule has 6 rings (SSSR count). The number of carbonyl (C=O) groups excluding carboxylic acids is 1. The lowest BCUT2D eigenvalue weighted by molar-refractivity contribution is -0.192. The van der Waals surface area contributed by atoms with Gasteiger partial charge in [0.2, 0.25) is 5.91 Å². The van der Waals surface area contributed by atoms with Crippen molar-refractivity contribution in [2.75, 3.05) is 31.6 Å². The Morgan fingerprint density at radius 3 is 2.61 bits per heavy atom. The number of hydrogen-bond donors (Lipinski definition) is 4. The molecule has 0 unspecified atom stereocenters. The zero-order chi connectivity index (χ0) is 29.3. The normalized spacial score (nSPS) is 23.8. The van der Waals surface area contributed by atoms with Crippen molar-refractivity contribution in [1.29, 1.82) is 0 Å². The van der Waals surface area contributed by atoms with Crippen LogP contribution in [0.15, 0.2) is 42.6 Å². The monoisotopic (exact) mass is 592 g/mol. The van der Waals surface area contributed by atoms with Gasteiger partial charge in [-0.3, -0.25) is 9.69 Å². The number of alkyl halides is 3. The Labute approximate surface area is 237 Å². The number of rotatable bonds is 6. The van der Waals surface area contributed by atoms with E-state index in [-0.39, 0.29) is 29.7 Å². The summed E-state index contributed by atoms with van der Waals surface area (Å²) in [5.41, 5.74) is 9.99. The minimum atomic E-state index is -5.08. The molecule has 0 radical (unpaired) electrons. The highest BCUT2D eigenvalue weighted by Crippen LogP contribution is 2.46. The summed E-state index contributed by atoms with van der Waals surface area (Å²) in [6.07, 6.45) is 1.74. The Morgan fingerprint density at radius 1 is 1.22 bits per heavy atom. The van der Waals surface area contributed by atoms with Crippen LogP contribution in [0.5, 0.6) is 0 Å². The summed E-state index contributed by atoms with van der Waals surface area (Å²) >= 11 is 6.58. The highest BCUT2D eigenvalue weighted by atomic mass is 35.5. The number of morpholine rings is 1. The second kappa shape index (κ2) is 11.7. The number of nitrogens with zero attached hydrogens (tertiary/aromatic N) is 3. The first kappa shape index (κ1) is 28.8. The van der Waals surface area contributed by atoms with Crippen molar-refractivity contribution in [3.8, 4) is 11.4 Å². The summed E-state index contributed by atoms with van der Waals surface area (Å²) in [6.45, 7) is 4.31. The first-order chi connectivity index (χ1) is 19.5. The molecule has 1 saturated heterocycles. The van der Waals surface area contributed by atoms with E-state index in [1.165, 1.54) is 5.56 Å². The van der Waals surface area contributed by atoms with E-state index in [1.54, 1.807) is 6.20 Å². The number of aromatic nitrogens is 3. The molecule has 3 aliphatic rings. The lowest BCUT2D eigenvalue weighted by Gasteiger charge is -2.28. The number of H-pyrrole nitrogens is 1. The Hall–Kier alpha value is -3.68. The summed E-state index contributed by atoms with van der Waals surface area (Å²) in [6, 6.07) is 8.29. The van der Waals surface area contributed by atoms with E-state index in [0.717, 1.165) is 56.2 Å². The number of imidazole rings is 1. The maximum absolute atomic E-state index is 12.2. The van der Waals surface area contributed by atoms with Gasteiger partial charge >= 0.3 is 12.1 Å². The third-order valence-corrected chi connectivity index (χ3v) is 7.81. The number of benzene rings is 1. The van der Waals surface area contributed by atoms with Gasteiger partial charge in [0.05, 0.1) is 36.0 Å². The number of carboxylic acids is 1. The average molecular weight is 593 g/mol. The second-order valence-corrected chi connectivity index (χ2v) is 10.6. The molecule has 1 aromatic carbocycles. The summed E-state index contributed by atoms with van der Waals surface area (Å²) in [5, 5.41) is 11.1. The molecule has 3 aromatic rings. The van der Waals surface area contributed by atoms with E-state index < -0.39 is 12.1 Å². The number of hydrogen-bond acceptors (Lipinski definition) is 7. The molecule has 1 aliphatic heterocycles. The fraction of sp³-hybridized carbons (Fsp3) is 0.407. The first-order valence-corrected chi connectivity index (χ1v) is 13.4. The van der Waals surface area contributed by atoms with Gasteiger partial charge in [0.25, 0.3) is 0 Å². The molecule has 10 nitrogen and oxygen atoms in total. The standard InChI is InChI=1S/C25H27ClN6O2.C2HF3O2/c26-18-12-28-25-22(21(18)29-20-16-5-4-15(11-16)19(20)23(27)33)30-24(31-25)17-3-1-2-14(10-17)13-32-6-8-34-9-7-32;3-2(4,5)1(6)7/h1-5,10,12,15-16,19-20H,6-9,11,13H2,(H2,27,33)(H2,28,29,30,31);(H,6,7)/t15-,16+,19+,20-;/m1./s1. The zero-order valence-electron chi connectivity index (χ0n) is 21.7. The maximum Gasteiger partial charge on any atom is 0.490 e. The van der Waals surface area contributed by atoms with Gasteiger partial charge < -0.3 is 25.9 Å². The molecule has 3 heterocycles. The van der Waals surface area contributed by atoms with Gasteiger partial charge in [-0.05, 0) is 29.9 Å². The van der Waals surface area contributed by atoms with Crippen molar-refractivity contribution in [3.05, 3.63) is 53.2 Å². The molecule has 1 saturated carbocycles. The number of nitrogens with two attached hydrogens (primary N) is 1. The molecule has 2 aromatic heterocycles. The van der Waals surface area contributed by atoms with Crippen molar-refractivity contribution in [3.63, 3.8) is 0 Å². The molecular weight excluding hydrogens is 565 g/mol. The van der Waals surface area contributed by atoms with Crippen LogP contribution in [0, 0.1) is 17.8 Å². The minimum absolute atomic E-state index is 0.0980. The molecule has 41 heavy (non-hydrogen) atoms. The number of nitrogens with one attached hydrogen (secondary N) is 2. The van der Waals surface area contributed by atoms with Gasteiger partial charge in [-0.2, -0.15) is 13.2 Å². The molecule has 218 valence electrons. The molecule has 5 N–H and O–H groups in total. The Kier molecular flexibility index (Phi) is 8.20. The third kappa shape index (κ3) is 6.31. The number of ether oxygens (including phenoxy) is 1. The van der Waals surface area contributed by atoms with Gasteiger partial charge in [-0.1, -0.05) is 42.0 Å². The maximum atomic E-state index is 12.2. The van der Waals surface area contributed by atoms with E-state index in [0.29, 0.717) is 16.4 Å². The number of pyridine rings is 1. The number of amides is 1. The van der Waals surface area contributed by atoms with Crippen molar-refractivity contribution in [2.24, 2.45) is 23.5 Å². The number of carbonyl (C=O) groups is 2. The highest BCUT2D eigenvalue weighted by Gasteiger charge is 2.47. The van der Waals surface area contributed by atoms with E-state index in [1.807, 2.05) is 6.07 Å². The van der Waals surface area contributed by atoms with Gasteiger partial charge in [0.1, 0.15) is 11.3 Å². The van der Waals surface area contributed by atoms with E-state index >= 15 is 0 Å². The fourth-order valence-electron chi connectivity index (χ4n) is 5.62. The number of anilines is 1. The summed E-state index contributed by atoms with van der Waals surface area (Å²) in [7, 11) is 0. The van der Waals surface area contributed by atoms with Gasteiger partial charge in [-0.15, -0.1) is 0 Å². The van der Waals surface area contributed by atoms with Crippen molar-refractivity contribution < 1.29 is 32.6 Å². The quantitative estimate of drug-likeness (QED) is 0.316. The van der Waals surface area contributed by atoms with Gasteiger partial charge in [0, 0.05) is 31.2 Å². The molecule has 0 spiro atoms. The average Bonchev–Trinajstić information content (AvgIpc) is 3.66. The van der Waals surface area contributed by atoms with Crippen LogP contribution in [0.25, 0.3) is 22.6 Å². The van der Waals surface area contributed by atoms with Crippen molar-refractivity contribution in [2.45, 2.75) is 25.2 Å². The number of fused-ring (bicyclic) bond motifs is 3. The van der Waals surface area contributed by atoms with E-state index in [9.17, 15) is 18.0 Å². The molecule has 14 heteroatoms. The van der Waals surface area contributed by atoms with Crippen LogP contribution in [0.4, 0.5) is 18.9 Å². The summed E-state index contributed by atoms with van der Waals surface area (Å²) < 4.78 is 37.2. The number of aliphatic carboxylic acids is 1. The Balaban J connectivity index is 0.000000431. The first-order valence-electron chi connectivity index (χ1n) is 13.0. The van der Waals surface area contributed by atoms with Crippen LogP contribution in [0.1, 0.15) is 12.0 Å². The molecule has 2 bridgehead atoms. The van der Waals surface area contributed by atoms with Crippen LogP contribution >= 0.6 is 11.6 Å². The van der Waals surface area contributed by atoms with E-state index in [4.69, 9.17) is 37.0 Å². The molecular formula is C27H28ClF3N6O4. The van der Waals surface area contributed by atoms with Crippen LogP contribution in [0.2, 0.25) is 5.02 Å². The molecule has 4 atom stereocenters. The predicted molar refractivity (Wildman–Crippen MR) is 145 cm³/mol. The molecule has 2 fully saturated rings. The van der Waals surface area contributed by atoms with Gasteiger partial charge in [-0.25, -0.2) is 14.8 Å². The van der Waals surface area contributed by atoms with E-state index in [2.05, 4.69) is 50.5 Å². The van der Waals surface area contributed by atoms with Gasteiger partial charge in [0.15, 0.2) is 5.65 Å². The topological polar surface area (TPSA) is 146 Å². The number of primary amides is 1. The highest BCUT2D eigenvalue weighted by molar-refractivity contribution is 6.34. The minimum Gasteiger partial charge on any atom is -0.475 e. The number of aromatic amines is 1. The Morgan fingerprint density at radius 2 is 1.93 bits per heavy atom. The van der Waals surface area contributed by atoms with Crippen LogP contribution in [-0.4, -0.2) is 75.4 Å². The summed E-state index contributed by atoms with van der Waals surface area (Å²) in [4.78, 5) is 36.1. The summed E-state index contributed by atoms with van der Waals surface area (Å²) in [5.74, 6) is -2.13. The zero-order valence-corrected chi connectivity index (χ0v) is 22.5. The van der Waals surface area contributed by atoms with Crippen molar-refractivity contribution in [1.82, 2.24) is 19.9 Å².